The van der Waals surface area contributed by atoms with E-state index >= 15 is 0 Å². The van der Waals surface area contributed by atoms with Crippen molar-refractivity contribution >= 4 is 27.5 Å². The smallest absolute Gasteiger partial charge is 0.0577 e. The molecule has 110 valence electrons. The quantitative estimate of drug-likeness (QED) is 0.777. The fourth-order valence-electron chi connectivity index (χ4n) is 3.10. The molecule has 1 N–H and O–H groups in total. The summed E-state index contributed by atoms with van der Waals surface area (Å²) in [5.74, 6) is 0. The van der Waals surface area contributed by atoms with Gasteiger partial charge in [-0.05, 0) is 76.1 Å². The molecule has 0 spiro atoms. The van der Waals surface area contributed by atoms with Crippen molar-refractivity contribution in [1.29, 1.82) is 0 Å². The molecule has 2 aromatic rings. The van der Waals surface area contributed by atoms with Gasteiger partial charge in [0.25, 0.3) is 0 Å². The number of aryl methyl sites for hydroxylation is 2. The van der Waals surface area contributed by atoms with Gasteiger partial charge in [-0.25, -0.2) is 0 Å². The Labute approximate surface area is 139 Å². The molecule has 21 heavy (non-hydrogen) atoms. The Morgan fingerprint density at radius 2 is 1.81 bits per heavy atom. The standard InChI is InChI=1S/C18H19BrClN/c1-2-21-18(15-8-9-16(19)17(20)11-15)14-7-6-12-4-3-5-13(12)10-14/h6-11,18,21H,2-5H2,1H3. The highest BCUT2D eigenvalue weighted by atomic mass is 79.9. The third kappa shape index (κ3) is 3.18. The molecule has 1 unspecified atom stereocenters. The molecule has 0 fully saturated rings. The highest BCUT2D eigenvalue weighted by molar-refractivity contribution is 9.10. The van der Waals surface area contributed by atoms with Crippen molar-refractivity contribution in [2.24, 2.45) is 0 Å². The van der Waals surface area contributed by atoms with E-state index in [1.807, 2.05) is 12.1 Å². The second-order valence-electron chi connectivity index (χ2n) is 5.55. The molecule has 0 bridgehead atoms. The second kappa shape index (κ2) is 6.51. The number of rotatable bonds is 4. The lowest BCUT2D eigenvalue weighted by molar-refractivity contribution is 0.630. The first-order valence-electron chi connectivity index (χ1n) is 7.49. The Balaban J connectivity index is 1.99. The number of fused-ring (bicyclic) bond motifs is 1. The van der Waals surface area contributed by atoms with Gasteiger partial charge in [0.05, 0.1) is 11.1 Å². The second-order valence-corrected chi connectivity index (χ2v) is 6.81. The normalized spacial score (nSPS) is 15.0. The van der Waals surface area contributed by atoms with Crippen molar-refractivity contribution in [2.75, 3.05) is 6.54 Å². The molecule has 2 aromatic carbocycles. The van der Waals surface area contributed by atoms with Crippen LogP contribution in [-0.4, -0.2) is 6.54 Å². The lowest BCUT2D eigenvalue weighted by atomic mass is 9.95. The first kappa shape index (κ1) is 15.1. The van der Waals surface area contributed by atoms with Gasteiger partial charge in [-0.2, -0.15) is 0 Å². The van der Waals surface area contributed by atoms with Crippen LogP contribution in [0.3, 0.4) is 0 Å². The predicted octanol–water partition coefficient (Wildman–Crippen LogP) is 5.29. The summed E-state index contributed by atoms with van der Waals surface area (Å²) in [6, 6.07) is 13.3. The first-order valence-corrected chi connectivity index (χ1v) is 8.66. The van der Waals surface area contributed by atoms with E-state index in [1.165, 1.54) is 41.5 Å². The van der Waals surface area contributed by atoms with Crippen molar-refractivity contribution in [3.8, 4) is 0 Å². The molecule has 0 amide bonds. The predicted molar refractivity (Wildman–Crippen MR) is 93.1 cm³/mol. The summed E-state index contributed by atoms with van der Waals surface area (Å²) in [6.45, 7) is 3.07. The summed E-state index contributed by atoms with van der Waals surface area (Å²) < 4.78 is 0.942. The summed E-state index contributed by atoms with van der Waals surface area (Å²) in [5.41, 5.74) is 5.57. The van der Waals surface area contributed by atoms with Gasteiger partial charge >= 0.3 is 0 Å². The fourth-order valence-corrected chi connectivity index (χ4v) is 3.53. The number of nitrogens with one attached hydrogen (secondary N) is 1. The minimum absolute atomic E-state index is 0.200. The van der Waals surface area contributed by atoms with Gasteiger partial charge < -0.3 is 5.32 Å². The fraction of sp³-hybridized carbons (Fsp3) is 0.333. The van der Waals surface area contributed by atoms with Crippen LogP contribution in [0.5, 0.6) is 0 Å². The van der Waals surface area contributed by atoms with Gasteiger partial charge in [-0.1, -0.05) is 42.8 Å². The van der Waals surface area contributed by atoms with Crippen molar-refractivity contribution in [1.82, 2.24) is 5.32 Å². The first-order chi connectivity index (χ1) is 10.2. The molecular formula is C18H19BrClN. The highest BCUT2D eigenvalue weighted by Crippen LogP contribution is 2.31. The third-order valence-corrected chi connectivity index (χ3v) is 5.37. The van der Waals surface area contributed by atoms with E-state index in [1.54, 1.807) is 0 Å². The van der Waals surface area contributed by atoms with E-state index < -0.39 is 0 Å². The van der Waals surface area contributed by atoms with E-state index in [-0.39, 0.29) is 6.04 Å². The molecule has 1 aliphatic carbocycles. The molecule has 0 radical (unpaired) electrons. The van der Waals surface area contributed by atoms with Crippen molar-refractivity contribution in [3.63, 3.8) is 0 Å². The minimum Gasteiger partial charge on any atom is -0.307 e. The van der Waals surface area contributed by atoms with Crippen LogP contribution in [0.2, 0.25) is 5.02 Å². The molecular weight excluding hydrogens is 346 g/mol. The lowest BCUT2D eigenvalue weighted by Gasteiger charge is -2.20. The van der Waals surface area contributed by atoms with Crippen LogP contribution < -0.4 is 5.32 Å². The van der Waals surface area contributed by atoms with Gasteiger partial charge in [0.2, 0.25) is 0 Å². The van der Waals surface area contributed by atoms with Crippen LogP contribution in [0, 0.1) is 0 Å². The zero-order valence-electron chi connectivity index (χ0n) is 12.1. The van der Waals surface area contributed by atoms with Gasteiger partial charge in [-0.15, -0.1) is 0 Å². The van der Waals surface area contributed by atoms with Crippen molar-refractivity contribution in [3.05, 3.63) is 68.1 Å². The number of benzene rings is 2. The average Bonchev–Trinajstić information content (AvgIpc) is 2.95. The van der Waals surface area contributed by atoms with E-state index in [0.717, 1.165) is 16.0 Å². The molecule has 0 aromatic heterocycles. The van der Waals surface area contributed by atoms with Gasteiger partial charge in [-0.3, -0.25) is 0 Å². The molecule has 3 rings (SSSR count). The molecule has 1 aliphatic rings. The van der Waals surface area contributed by atoms with Crippen LogP contribution in [0.25, 0.3) is 0 Å². The van der Waals surface area contributed by atoms with Gasteiger partial charge in [0.1, 0.15) is 0 Å². The zero-order valence-corrected chi connectivity index (χ0v) is 14.5. The van der Waals surface area contributed by atoms with Crippen molar-refractivity contribution < 1.29 is 0 Å². The van der Waals surface area contributed by atoms with E-state index in [4.69, 9.17) is 11.6 Å². The summed E-state index contributed by atoms with van der Waals surface area (Å²) >= 11 is 9.73. The summed E-state index contributed by atoms with van der Waals surface area (Å²) in [5, 5.41) is 4.34. The molecule has 0 heterocycles. The Bertz CT molecular complexity index is 654. The topological polar surface area (TPSA) is 12.0 Å². The van der Waals surface area contributed by atoms with E-state index in [0.29, 0.717) is 0 Å². The maximum Gasteiger partial charge on any atom is 0.0577 e. The highest BCUT2D eigenvalue weighted by Gasteiger charge is 2.17. The molecule has 0 aliphatic heterocycles. The Morgan fingerprint density at radius 1 is 1.10 bits per heavy atom. The van der Waals surface area contributed by atoms with Gasteiger partial charge in [0, 0.05) is 4.47 Å². The van der Waals surface area contributed by atoms with E-state index in [9.17, 15) is 0 Å². The molecule has 0 saturated heterocycles. The molecule has 0 saturated carbocycles. The third-order valence-electron chi connectivity index (χ3n) is 4.14. The van der Waals surface area contributed by atoms with Crippen LogP contribution in [-0.2, 0) is 12.8 Å². The average molecular weight is 365 g/mol. The van der Waals surface area contributed by atoms with Crippen LogP contribution in [0.1, 0.15) is 41.6 Å². The van der Waals surface area contributed by atoms with E-state index in [2.05, 4.69) is 52.4 Å². The monoisotopic (exact) mass is 363 g/mol. The van der Waals surface area contributed by atoms with Crippen LogP contribution in [0.4, 0.5) is 0 Å². The molecule has 1 atom stereocenters. The number of hydrogen-bond acceptors (Lipinski definition) is 1. The largest absolute Gasteiger partial charge is 0.307 e. The van der Waals surface area contributed by atoms with Crippen LogP contribution >= 0.6 is 27.5 Å². The Morgan fingerprint density at radius 3 is 2.57 bits per heavy atom. The summed E-state index contributed by atoms with van der Waals surface area (Å²) in [6.07, 6.45) is 3.73. The number of halogens is 2. The summed E-state index contributed by atoms with van der Waals surface area (Å²) in [7, 11) is 0. The van der Waals surface area contributed by atoms with Crippen LogP contribution in [0.15, 0.2) is 40.9 Å². The zero-order chi connectivity index (χ0) is 14.8. The molecule has 3 heteroatoms. The van der Waals surface area contributed by atoms with Gasteiger partial charge in [0.15, 0.2) is 0 Å². The summed E-state index contributed by atoms with van der Waals surface area (Å²) in [4.78, 5) is 0. The maximum absolute atomic E-state index is 6.26. The Hall–Kier alpha value is -0.830. The van der Waals surface area contributed by atoms with Crippen molar-refractivity contribution in [2.45, 2.75) is 32.2 Å². The lowest BCUT2D eigenvalue weighted by Crippen LogP contribution is -2.22. The number of hydrogen-bond donors (Lipinski definition) is 1. The maximum atomic E-state index is 6.26. The minimum atomic E-state index is 0.200. The molecule has 1 nitrogen and oxygen atoms in total. The Kier molecular flexibility index (Phi) is 4.68. The SMILES string of the molecule is CCNC(c1ccc(Br)c(Cl)c1)c1ccc2c(c1)CCC2.